The van der Waals surface area contributed by atoms with Crippen LogP contribution >= 0.6 is 11.3 Å². The first kappa shape index (κ1) is 24.8. The van der Waals surface area contributed by atoms with Gasteiger partial charge in [-0.05, 0) is 35.7 Å². The van der Waals surface area contributed by atoms with Crippen LogP contribution in [0.1, 0.15) is 23.7 Å². The molecule has 0 spiro atoms. The number of hydroxylamine groups is 1. The van der Waals surface area contributed by atoms with E-state index in [9.17, 15) is 13.2 Å². The van der Waals surface area contributed by atoms with Gasteiger partial charge in [0.1, 0.15) is 4.21 Å². The maximum absolute atomic E-state index is 13.0. The van der Waals surface area contributed by atoms with Gasteiger partial charge in [-0.3, -0.25) is 10.0 Å². The van der Waals surface area contributed by atoms with Gasteiger partial charge in [-0.2, -0.15) is 0 Å². The fourth-order valence-electron chi connectivity index (χ4n) is 4.22. The molecule has 0 saturated carbocycles. The van der Waals surface area contributed by atoms with Crippen LogP contribution in [-0.2, 0) is 27.8 Å². The molecule has 2 aromatic carbocycles. The third-order valence-electron chi connectivity index (χ3n) is 6.02. The van der Waals surface area contributed by atoms with Gasteiger partial charge in [-0.25, -0.2) is 23.3 Å². The number of aromatic nitrogens is 4. The van der Waals surface area contributed by atoms with Crippen molar-refractivity contribution in [2.75, 3.05) is 0 Å². The molecule has 1 unspecified atom stereocenters. The summed E-state index contributed by atoms with van der Waals surface area (Å²) in [5.41, 5.74) is 5.01. The molecule has 10 nitrogen and oxygen atoms in total. The number of amides is 1. The van der Waals surface area contributed by atoms with Gasteiger partial charge in [0.2, 0.25) is 15.9 Å². The van der Waals surface area contributed by atoms with E-state index in [1.54, 1.807) is 17.6 Å². The fraction of sp³-hybridized carbons (Fsp3) is 0.160. The average molecular weight is 537 g/mol. The first-order valence-electron chi connectivity index (χ1n) is 11.5. The quantitative estimate of drug-likeness (QED) is 0.159. The smallest absolute Gasteiger partial charge is 0.250 e. The highest BCUT2D eigenvalue weighted by atomic mass is 32.2. The highest BCUT2D eigenvalue weighted by molar-refractivity contribution is 7.91. The molecule has 4 N–H and O–H groups in total. The van der Waals surface area contributed by atoms with Crippen molar-refractivity contribution in [1.82, 2.24) is 30.2 Å². The number of nitrogens with zero attached hydrogens (tertiary/aromatic N) is 3. The van der Waals surface area contributed by atoms with Crippen LogP contribution in [0.3, 0.4) is 0 Å². The van der Waals surface area contributed by atoms with Crippen LogP contribution in [0.2, 0.25) is 0 Å². The van der Waals surface area contributed by atoms with Crippen LogP contribution in [0.15, 0.2) is 83.3 Å². The van der Waals surface area contributed by atoms with Crippen LogP contribution in [-0.4, -0.2) is 39.5 Å². The standard InChI is InChI=1S/C25H24N6O4S2/c32-24(29-33)13-19(12-18-14-26-22-9-5-4-8-21(18)22)31-20(15-27-30-31)16-28-37(34,35)25-11-10-23(36-25)17-6-2-1-3-7-17/h1-11,14-15,19,26,28,33H,12-13,16H2,(H,29,32). The number of hydrogen-bond acceptors (Lipinski definition) is 7. The second-order valence-electron chi connectivity index (χ2n) is 8.44. The molecule has 3 aromatic heterocycles. The number of H-pyrrole nitrogens is 1. The number of nitrogens with one attached hydrogen (secondary N) is 3. The average Bonchev–Trinajstić information content (AvgIpc) is 3.68. The van der Waals surface area contributed by atoms with E-state index in [0.29, 0.717) is 12.1 Å². The number of carbonyl (C=O) groups is 1. The largest absolute Gasteiger partial charge is 0.361 e. The van der Waals surface area contributed by atoms with Gasteiger partial charge in [0, 0.05) is 22.0 Å². The minimum atomic E-state index is -3.80. The van der Waals surface area contributed by atoms with Gasteiger partial charge in [0.25, 0.3) is 0 Å². The molecule has 1 atom stereocenters. The van der Waals surface area contributed by atoms with Crippen LogP contribution in [0, 0.1) is 0 Å². The maximum Gasteiger partial charge on any atom is 0.250 e. The molecule has 0 bridgehead atoms. The lowest BCUT2D eigenvalue weighted by atomic mass is 10.0. The predicted molar refractivity (Wildman–Crippen MR) is 139 cm³/mol. The molecule has 12 heteroatoms. The molecule has 3 heterocycles. The Labute approximate surface area is 217 Å². The number of para-hydroxylation sites is 1. The molecule has 1 amide bonds. The van der Waals surface area contributed by atoms with Gasteiger partial charge < -0.3 is 4.98 Å². The van der Waals surface area contributed by atoms with Crippen molar-refractivity contribution in [3.63, 3.8) is 0 Å². The zero-order valence-corrected chi connectivity index (χ0v) is 21.2. The number of sulfonamides is 1. The topological polar surface area (TPSA) is 142 Å². The van der Waals surface area contributed by atoms with Gasteiger partial charge in [-0.15, -0.1) is 16.4 Å². The molecule has 190 valence electrons. The van der Waals surface area contributed by atoms with Gasteiger partial charge in [0.05, 0.1) is 30.9 Å². The van der Waals surface area contributed by atoms with Gasteiger partial charge in [0.15, 0.2) is 0 Å². The number of benzene rings is 2. The Hall–Kier alpha value is -3.84. The van der Waals surface area contributed by atoms with E-state index in [2.05, 4.69) is 20.0 Å². The molecular weight excluding hydrogens is 512 g/mol. The van der Waals surface area contributed by atoms with Crippen molar-refractivity contribution < 1.29 is 18.4 Å². The first-order chi connectivity index (χ1) is 17.9. The van der Waals surface area contributed by atoms with E-state index in [-0.39, 0.29) is 17.2 Å². The number of rotatable bonds is 10. The Kier molecular flexibility index (Phi) is 7.15. The maximum atomic E-state index is 13.0. The van der Waals surface area contributed by atoms with Crippen molar-refractivity contribution in [1.29, 1.82) is 0 Å². The lowest BCUT2D eigenvalue weighted by Gasteiger charge is -2.18. The molecule has 0 aliphatic carbocycles. The van der Waals surface area contributed by atoms with Crippen molar-refractivity contribution in [3.05, 3.63) is 90.4 Å². The summed E-state index contributed by atoms with van der Waals surface area (Å²) in [7, 11) is -3.80. The summed E-state index contributed by atoms with van der Waals surface area (Å²) in [6.07, 6.45) is 3.66. The van der Waals surface area contributed by atoms with Crippen LogP contribution in [0.4, 0.5) is 0 Å². The van der Waals surface area contributed by atoms with Crippen molar-refractivity contribution >= 4 is 38.2 Å². The zero-order chi connectivity index (χ0) is 25.8. The number of hydrogen-bond donors (Lipinski definition) is 4. The Morgan fingerprint density at radius 2 is 1.86 bits per heavy atom. The molecule has 0 fully saturated rings. The molecule has 37 heavy (non-hydrogen) atoms. The fourth-order valence-corrected chi connectivity index (χ4v) is 6.58. The van der Waals surface area contributed by atoms with Crippen LogP contribution in [0.5, 0.6) is 0 Å². The summed E-state index contributed by atoms with van der Waals surface area (Å²) in [4.78, 5) is 16.2. The summed E-state index contributed by atoms with van der Waals surface area (Å²) < 4.78 is 30.4. The first-order valence-corrected chi connectivity index (χ1v) is 13.8. The van der Waals surface area contributed by atoms with Gasteiger partial charge >= 0.3 is 0 Å². The van der Waals surface area contributed by atoms with E-state index in [4.69, 9.17) is 5.21 Å². The van der Waals surface area contributed by atoms with E-state index in [1.165, 1.54) is 22.2 Å². The number of carbonyl (C=O) groups excluding carboxylic acids is 1. The lowest BCUT2D eigenvalue weighted by Crippen LogP contribution is -2.28. The van der Waals surface area contributed by atoms with E-state index < -0.39 is 22.0 Å². The molecule has 0 aliphatic heterocycles. The molecule has 0 saturated heterocycles. The Bertz CT molecular complexity index is 1620. The monoisotopic (exact) mass is 536 g/mol. The molecule has 0 aliphatic rings. The Balaban J connectivity index is 1.36. The number of fused-ring (bicyclic) bond motifs is 1. The van der Waals surface area contributed by atoms with Crippen molar-refractivity contribution in [2.45, 2.75) is 29.6 Å². The summed E-state index contributed by atoms with van der Waals surface area (Å²) >= 11 is 1.18. The molecule has 5 rings (SSSR count). The minimum absolute atomic E-state index is 0.0704. The van der Waals surface area contributed by atoms with E-state index in [0.717, 1.165) is 26.9 Å². The lowest BCUT2D eigenvalue weighted by molar-refractivity contribution is -0.130. The molecule has 5 aromatic rings. The Morgan fingerprint density at radius 3 is 2.68 bits per heavy atom. The van der Waals surface area contributed by atoms with Crippen molar-refractivity contribution in [2.24, 2.45) is 0 Å². The van der Waals surface area contributed by atoms with Crippen LogP contribution in [0.25, 0.3) is 21.3 Å². The van der Waals surface area contributed by atoms with Gasteiger partial charge in [-0.1, -0.05) is 53.7 Å². The number of thiophene rings is 1. The molecule has 0 radical (unpaired) electrons. The Morgan fingerprint density at radius 1 is 1.08 bits per heavy atom. The minimum Gasteiger partial charge on any atom is -0.361 e. The van der Waals surface area contributed by atoms with E-state index >= 15 is 0 Å². The summed E-state index contributed by atoms with van der Waals surface area (Å²) in [6.45, 7) is -0.0704. The summed E-state index contributed by atoms with van der Waals surface area (Å²) in [5.74, 6) is -0.584. The number of aromatic amines is 1. The normalized spacial score (nSPS) is 12.6. The molecular formula is C25H24N6O4S2. The highest BCUT2D eigenvalue weighted by Crippen LogP contribution is 2.31. The van der Waals surface area contributed by atoms with E-state index in [1.807, 2.05) is 60.8 Å². The highest BCUT2D eigenvalue weighted by Gasteiger charge is 2.23. The second kappa shape index (κ2) is 10.6. The zero-order valence-electron chi connectivity index (χ0n) is 19.5. The second-order valence-corrected chi connectivity index (χ2v) is 11.5. The van der Waals surface area contributed by atoms with Crippen molar-refractivity contribution in [3.8, 4) is 10.4 Å². The predicted octanol–water partition coefficient (Wildman–Crippen LogP) is 3.65. The third-order valence-corrected chi connectivity index (χ3v) is 9.05. The van der Waals surface area contributed by atoms with Crippen LogP contribution < -0.4 is 10.2 Å². The summed E-state index contributed by atoms with van der Waals surface area (Å²) in [6, 6.07) is 20.2. The summed E-state index contributed by atoms with van der Waals surface area (Å²) in [5, 5.41) is 18.2. The SMILES string of the molecule is O=C(CC(Cc1c[nH]c2ccccc12)n1nncc1CNS(=O)(=O)c1ccc(-c2ccccc2)s1)NO. The third kappa shape index (κ3) is 5.47.